The van der Waals surface area contributed by atoms with Gasteiger partial charge >= 0.3 is 0 Å². The molecule has 0 atom stereocenters. The molecule has 130 valence electrons. The minimum absolute atomic E-state index is 0.203. The summed E-state index contributed by atoms with van der Waals surface area (Å²) in [4.78, 5) is 5.74. The Hall–Kier alpha value is -2.02. The van der Waals surface area contributed by atoms with Crippen molar-refractivity contribution in [1.29, 1.82) is 0 Å². The van der Waals surface area contributed by atoms with Gasteiger partial charge in [0.05, 0.1) is 11.4 Å². The van der Waals surface area contributed by atoms with Crippen LogP contribution in [0, 0.1) is 13.8 Å². The van der Waals surface area contributed by atoms with E-state index >= 15 is 0 Å². The van der Waals surface area contributed by atoms with Crippen LogP contribution in [-0.2, 0) is 23.0 Å². The second-order valence-electron chi connectivity index (χ2n) is 5.95. The average Bonchev–Trinajstić information content (AvgIpc) is 3.04. The van der Waals surface area contributed by atoms with Crippen LogP contribution < -0.4 is 4.72 Å². The van der Waals surface area contributed by atoms with E-state index in [1.165, 1.54) is 16.9 Å². The lowest BCUT2D eigenvalue weighted by atomic mass is 10.1. The molecule has 6 heteroatoms. The number of aryl methyl sites for hydroxylation is 2. The highest BCUT2D eigenvalue weighted by atomic mass is 32.2. The Balaban J connectivity index is 1.66. The third-order valence-electron chi connectivity index (χ3n) is 4.02. The van der Waals surface area contributed by atoms with Crippen LogP contribution in [-0.4, -0.2) is 13.4 Å². The Morgan fingerprint density at radius 1 is 1.04 bits per heavy atom. The number of aromatic nitrogens is 1. The SMILES string of the molecule is Cc1ccc(S(=O)(=O)NCc2ncc(Cc3ccccc3)s2)cc1C. The molecule has 0 aliphatic rings. The van der Waals surface area contributed by atoms with Crippen molar-refractivity contribution in [1.82, 2.24) is 9.71 Å². The molecule has 3 rings (SSSR count). The monoisotopic (exact) mass is 372 g/mol. The highest BCUT2D eigenvalue weighted by Gasteiger charge is 2.15. The van der Waals surface area contributed by atoms with Gasteiger partial charge in [0, 0.05) is 17.5 Å². The summed E-state index contributed by atoms with van der Waals surface area (Å²) in [6, 6.07) is 15.3. The molecule has 1 N–H and O–H groups in total. The third-order valence-corrected chi connectivity index (χ3v) is 6.42. The molecule has 0 unspecified atom stereocenters. The van der Waals surface area contributed by atoms with Crippen LogP contribution in [0.4, 0.5) is 0 Å². The zero-order valence-corrected chi connectivity index (χ0v) is 15.8. The van der Waals surface area contributed by atoms with Gasteiger partial charge < -0.3 is 0 Å². The number of benzene rings is 2. The van der Waals surface area contributed by atoms with Gasteiger partial charge in [0.1, 0.15) is 5.01 Å². The van der Waals surface area contributed by atoms with Crippen LogP contribution in [0.3, 0.4) is 0 Å². The summed E-state index contributed by atoms with van der Waals surface area (Å²) in [6.45, 7) is 4.07. The van der Waals surface area contributed by atoms with E-state index in [0.29, 0.717) is 0 Å². The molecule has 1 aromatic heterocycles. The van der Waals surface area contributed by atoms with E-state index in [1.54, 1.807) is 12.1 Å². The maximum absolute atomic E-state index is 12.4. The van der Waals surface area contributed by atoms with Gasteiger partial charge in [-0.15, -0.1) is 11.3 Å². The molecular weight excluding hydrogens is 352 g/mol. The average molecular weight is 373 g/mol. The second kappa shape index (κ2) is 7.47. The predicted molar refractivity (Wildman–Crippen MR) is 101 cm³/mol. The molecule has 0 saturated heterocycles. The van der Waals surface area contributed by atoms with Crippen LogP contribution >= 0.6 is 11.3 Å². The van der Waals surface area contributed by atoms with Gasteiger partial charge in [-0.1, -0.05) is 36.4 Å². The topological polar surface area (TPSA) is 59.1 Å². The zero-order chi connectivity index (χ0) is 17.9. The Labute approximate surface area is 152 Å². The maximum atomic E-state index is 12.4. The Morgan fingerprint density at radius 2 is 1.80 bits per heavy atom. The van der Waals surface area contributed by atoms with Crippen LogP contribution in [0.1, 0.15) is 26.6 Å². The maximum Gasteiger partial charge on any atom is 0.240 e. The third kappa shape index (κ3) is 4.54. The molecule has 0 aliphatic carbocycles. The fraction of sp³-hybridized carbons (Fsp3) is 0.211. The van der Waals surface area contributed by atoms with E-state index in [4.69, 9.17) is 0 Å². The fourth-order valence-corrected chi connectivity index (χ4v) is 4.49. The smallest absolute Gasteiger partial charge is 0.240 e. The van der Waals surface area contributed by atoms with Crippen LogP contribution in [0.5, 0.6) is 0 Å². The predicted octanol–water partition coefficient (Wildman–Crippen LogP) is 3.83. The van der Waals surface area contributed by atoms with Crippen molar-refractivity contribution in [2.45, 2.75) is 31.7 Å². The van der Waals surface area contributed by atoms with Crippen LogP contribution in [0.2, 0.25) is 0 Å². The minimum atomic E-state index is -3.53. The standard InChI is InChI=1S/C19H20N2O2S2/c1-14-8-9-18(10-15(14)2)25(22,23)21-13-19-20-12-17(24-19)11-16-6-4-3-5-7-16/h3-10,12,21H,11,13H2,1-2H3. The lowest BCUT2D eigenvalue weighted by Gasteiger charge is -2.07. The first-order valence-electron chi connectivity index (χ1n) is 7.98. The van der Waals surface area contributed by atoms with E-state index < -0.39 is 10.0 Å². The Bertz CT molecular complexity index is 964. The largest absolute Gasteiger partial charge is 0.248 e. The molecule has 2 aromatic carbocycles. The zero-order valence-electron chi connectivity index (χ0n) is 14.2. The summed E-state index contributed by atoms with van der Waals surface area (Å²) in [6.07, 6.45) is 2.62. The fourth-order valence-electron chi connectivity index (χ4n) is 2.43. The molecule has 0 fully saturated rings. The van der Waals surface area contributed by atoms with Crippen molar-refractivity contribution in [3.05, 3.63) is 81.3 Å². The van der Waals surface area contributed by atoms with Crippen molar-refractivity contribution in [2.75, 3.05) is 0 Å². The van der Waals surface area contributed by atoms with E-state index in [1.807, 2.05) is 44.3 Å². The van der Waals surface area contributed by atoms with E-state index in [2.05, 4.69) is 21.8 Å². The summed E-state index contributed by atoms with van der Waals surface area (Å²) in [5.74, 6) is 0. The van der Waals surface area contributed by atoms with Gasteiger partial charge in [0.2, 0.25) is 10.0 Å². The number of nitrogens with zero attached hydrogens (tertiary/aromatic N) is 1. The molecule has 4 nitrogen and oxygen atoms in total. The van der Waals surface area contributed by atoms with Gasteiger partial charge in [-0.25, -0.2) is 18.1 Å². The first-order valence-corrected chi connectivity index (χ1v) is 10.3. The molecule has 0 spiro atoms. The lowest BCUT2D eigenvalue weighted by molar-refractivity contribution is 0.581. The lowest BCUT2D eigenvalue weighted by Crippen LogP contribution is -2.23. The van der Waals surface area contributed by atoms with Crippen LogP contribution in [0.25, 0.3) is 0 Å². The summed E-state index contributed by atoms with van der Waals surface area (Å²) < 4.78 is 27.5. The number of nitrogens with one attached hydrogen (secondary N) is 1. The molecule has 0 radical (unpaired) electrons. The highest BCUT2D eigenvalue weighted by molar-refractivity contribution is 7.89. The van der Waals surface area contributed by atoms with Crippen molar-refractivity contribution < 1.29 is 8.42 Å². The number of rotatable bonds is 6. The number of hydrogen-bond acceptors (Lipinski definition) is 4. The summed E-state index contributed by atoms with van der Waals surface area (Å²) in [5, 5.41) is 0.762. The van der Waals surface area contributed by atoms with Crippen LogP contribution in [0.15, 0.2) is 59.6 Å². The van der Waals surface area contributed by atoms with Crippen molar-refractivity contribution >= 4 is 21.4 Å². The van der Waals surface area contributed by atoms with Gasteiger partial charge in [-0.2, -0.15) is 0 Å². The molecule has 25 heavy (non-hydrogen) atoms. The summed E-state index contributed by atoms with van der Waals surface area (Å²) >= 11 is 1.53. The van der Waals surface area contributed by atoms with E-state index in [9.17, 15) is 8.42 Å². The second-order valence-corrected chi connectivity index (χ2v) is 8.92. The minimum Gasteiger partial charge on any atom is -0.248 e. The Kier molecular flexibility index (Phi) is 5.32. The van der Waals surface area contributed by atoms with Gasteiger partial charge in [-0.05, 0) is 42.7 Å². The van der Waals surface area contributed by atoms with E-state index in [-0.39, 0.29) is 11.4 Å². The summed E-state index contributed by atoms with van der Waals surface area (Å²) in [5.41, 5.74) is 3.25. The van der Waals surface area contributed by atoms with Crippen molar-refractivity contribution in [3.8, 4) is 0 Å². The molecule has 3 aromatic rings. The molecule has 0 bridgehead atoms. The number of sulfonamides is 1. The van der Waals surface area contributed by atoms with Gasteiger partial charge in [0.15, 0.2) is 0 Å². The number of thiazole rings is 1. The molecule has 0 saturated carbocycles. The first-order chi connectivity index (χ1) is 11.9. The first kappa shape index (κ1) is 17.8. The van der Waals surface area contributed by atoms with E-state index in [0.717, 1.165) is 27.4 Å². The summed E-state index contributed by atoms with van der Waals surface area (Å²) in [7, 11) is -3.53. The van der Waals surface area contributed by atoms with Crippen molar-refractivity contribution in [2.24, 2.45) is 0 Å². The molecule has 1 heterocycles. The molecule has 0 amide bonds. The van der Waals surface area contributed by atoms with Crippen molar-refractivity contribution in [3.63, 3.8) is 0 Å². The molecular formula is C19H20N2O2S2. The highest BCUT2D eigenvalue weighted by Crippen LogP contribution is 2.19. The van der Waals surface area contributed by atoms with Gasteiger partial charge in [0.25, 0.3) is 0 Å². The van der Waals surface area contributed by atoms with Gasteiger partial charge in [-0.3, -0.25) is 0 Å². The Morgan fingerprint density at radius 3 is 2.52 bits per heavy atom. The quantitative estimate of drug-likeness (QED) is 0.715. The molecule has 0 aliphatic heterocycles. The normalized spacial score (nSPS) is 11.6. The number of hydrogen-bond donors (Lipinski definition) is 1.